The number of hydrogen-bond donors (Lipinski definition) is 3. The van der Waals surface area contributed by atoms with Crippen LogP contribution < -0.4 is 16.4 Å². The number of amides is 1. The molecule has 6 heteroatoms. The van der Waals surface area contributed by atoms with Crippen LogP contribution in [0.2, 0.25) is 0 Å². The molecular formula is C6H7N5O. The molecule has 2 aliphatic rings. The summed E-state index contributed by atoms with van der Waals surface area (Å²) in [7, 11) is 0. The van der Waals surface area contributed by atoms with Crippen molar-refractivity contribution in [1.82, 2.24) is 10.6 Å². The minimum Gasteiger partial charge on any atom is -0.372 e. The van der Waals surface area contributed by atoms with Crippen molar-refractivity contribution < 1.29 is 4.79 Å². The number of guanidine groups is 1. The molecule has 1 unspecified atom stereocenters. The van der Waals surface area contributed by atoms with Crippen molar-refractivity contribution in [1.29, 1.82) is 0 Å². The van der Waals surface area contributed by atoms with Gasteiger partial charge in [0.25, 0.3) is 5.91 Å². The first-order chi connectivity index (χ1) is 5.77. The van der Waals surface area contributed by atoms with E-state index in [-0.39, 0.29) is 11.9 Å². The van der Waals surface area contributed by atoms with E-state index in [1.807, 2.05) is 0 Å². The fourth-order valence-electron chi connectivity index (χ4n) is 1.04. The Bertz CT molecular complexity index is 313. The molecule has 0 spiro atoms. The molecule has 0 aromatic heterocycles. The second-order valence-electron chi connectivity index (χ2n) is 2.39. The van der Waals surface area contributed by atoms with Crippen LogP contribution in [-0.4, -0.2) is 23.7 Å². The van der Waals surface area contributed by atoms with Gasteiger partial charge < -0.3 is 11.1 Å². The second-order valence-corrected chi connectivity index (χ2v) is 2.39. The topological polar surface area (TPSA) is 91.9 Å². The van der Waals surface area contributed by atoms with Gasteiger partial charge >= 0.3 is 0 Å². The summed E-state index contributed by atoms with van der Waals surface area (Å²) in [6.45, 7) is 0. The average Bonchev–Trinajstić information content (AvgIpc) is 2.04. The van der Waals surface area contributed by atoms with E-state index < -0.39 is 6.04 Å². The number of rotatable bonds is 0. The Labute approximate surface area is 68.3 Å². The van der Waals surface area contributed by atoms with Gasteiger partial charge in [0.15, 0.2) is 11.9 Å². The maximum atomic E-state index is 11.2. The first kappa shape index (κ1) is 6.84. The van der Waals surface area contributed by atoms with Crippen LogP contribution in [0.1, 0.15) is 0 Å². The summed E-state index contributed by atoms with van der Waals surface area (Å²) in [4.78, 5) is 18.9. The SMILES string of the molecule is NC1=NC2=NC=CNC2C(=O)N1. The van der Waals surface area contributed by atoms with Crippen LogP contribution in [0.15, 0.2) is 22.4 Å². The van der Waals surface area contributed by atoms with Crippen LogP contribution in [-0.2, 0) is 4.79 Å². The van der Waals surface area contributed by atoms with Gasteiger partial charge in [-0.2, -0.15) is 4.99 Å². The zero-order chi connectivity index (χ0) is 8.55. The van der Waals surface area contributed by atoms with Crippen molar-refractivity contribution in [3.05, 3.63) is 12.4 Å². The number of fused-ring (bicyclic) bond motifs is 1. The lowest BCUT2D eigenvalue weighted by molar-refractivity contribution is -0.120. The number of nitrogens with one attached hydrogen (secondary N) is 2. The lowest BCUT2D eigenvalue weighted by Crippen LogP contribution is -2.55. The summed E-state index contributed by atoms with van der Waals surface area (Å²) in [5.41, 5.74) is 5.32. The molecule has 2 heterocycles. The van der Waals surface area contributed by atoms with Crippen LogP contribution in [0.25, 0.3) is 0 Å². The highest BCUT2D eigenvalue weighted by molar-refractivity contribution is 6.19. The van der Waals surface area contributed by atoms with E-state index >= 15 is 0 Å². The third-order valence-corrected chi connectivity index (χ3v) is 1.55. The lowest BCUT2D eigenvalue weighted by atomic mass is 10.2. The Morgan fingerprint density at radius 1 is 1.58 bits per heavy atom. The van der Waals surface area contributed by atoms with Crippen LogP contribution in [0, 0.1) is 0 Å². The molecule has 4 N–H and O–H groups in total. The molecule has 6 nitrogen and oxygen atoms in total. The van der Waals surface area contributed by atoms with Crippen molar-refractivity contribution in [2.24, 2.45) is 15.7 Å². The zero-order valence-corrected chi connectivity index (χ0v) is 6.11. The van der Waals surface area contributed by atoms with E-state index in [2.05, 4.69) is 20.6 Å². The first-order valence-corrected chi connectivity index (χ1v) is 3.41. The highest BCUT2D eigenvalue weighted by Crippen LogP contribution is 2.02. The summed E-state index contributed by atoms with van der Waals surface area (Å²) in [5.74, 6) is 0.261. The quantitative estimate of drug-likeness (QED) is 0.398. The van der Waals surface area contributed by atoms with Crippen LogP contribution >= 0.6 is 0 Å². The van der Waals surface area contributed by atoms with Gasteiger partial charge in [-0.15, -0.1) is 0 Å². The van der Waals surface area contributed by atoms with E-state index in [4.69, 9.17) is 5.73 Å². The lowest BCUT2D eigenvalue weighted by Gasteiger charge is -2.22. The highest BCUT2D eigenvalue weighted by atomic mass is 16.2. The fourth-order valence-corrected chi connectivity index (χ4v) is 1.04. The highest BCUT2D eigenvalue weighted by Gasteiger charge is 2.29. The van der Waals surface area contributed by atoms with Gasteiger partial charge in [-0.05, 0) is 0 Å². The number of hydrogen-bond acceptors (Lipinski definition) is 5. The predicted molar refractivity (Wildman–Crippen MR) is 43.3 cm³/mol. The van der Waals surface area contributed by atoms with Crippen molar-refractivity contribution >= 4 is 17.7 Å². The molecule has 0 aromatic rings. The first-order valence-electron chi connectivity index (χ1n) is 3.41. The Balaban J connectivity index is 2.39. The smallest absolute Gasteiger partial charge is 0.257 e. The van der Waals surface area contributed by atoms with Gasteiger partial charge in [-0.25, -0.2) is 4.99 Å². The van der Waals surface area contributed by atoms with E-state index in [1.54, 1.807) is 6.20 Å². The van der Waals surface area contributed by atoms with Gasteiger partial charge in [0.05, 0.1) is 0 Å². The van der Waals surface area contributed by atoms with Gasteiger partial charge in [0, 0.05) is 12.4 Å². The molecular weight excluding hydrogens is 158 g/mol. The number of carbonyl (C=O) groups excluding carboxylic acids is 1. The Hall–Kier alpha value is -1.85. The summed E-state index contributed by atoms with van der Waals surface area (Å²) < 4.78 is 0. The summed E-state index contributed by atoms with van der Waals surface area (Å²) in [6, 6.07) is -0.498. The molecule has 2 rings (SSSR count). The van der Waals surface area contributed by atoms with Gasteiger partial charge in [-0.3, -0.25) is 10.1 Å². The van der Waals surface area contributed by atoms with Gasteiger partial charge in [0.1, 0.15) is 0 Å². The molecule has 12 heavy (non-hydrogen) atoms. The second kappa shape index (κ2) is 2.33. The van der Waals surface area contributed by atoms with Crippen molar-refractivity contribution in [3.8, 4) is 0 Å². The maximum absolute atomic E-state index is 11.2. The molecule has 0 aromatic carbocycles. The van der Waals surface area contributed by atoms with E-state index in [0.29, 0.717) is 5.84 Å². The molecule has 1 atom stereocenters. The largest absolute Gasteiger partial charge is 0.372 e. The zero-order valence-electron chi connectivity index (χ0n) is 6.11. The molecule has 62 valence electrons. The predicted octanol–water partition coefficient (Wildman–Crippen LogP) is -1.73. The summed E-state index contributed by atoms with van der Waals surface area (Å²) >= 11 is 0. The van der Waals surface area contributed by atoms with E-state index in [9.17, 15) is 4.79 Å². The van der Waals surface area contributed by atoms with Crippen molar-refractivity contribution in [2.45, 2.75) is 6.04 Å². The molecule has 0 bridgehead atoms. The van der Waals surface area contributed by atoms with Crippen molar-refractivity contribution in [3.63, 3.8) is 0 Å². The molecule has 0 radical (unpaired) electrons. The summed E-state index contributed by atoms with van der Waals surface area (Å²) in [6.07, 6.45) is 3.12. The van der Waals surface area contributed by atoms with Gasteiger partial charge in [0.2, 0.25) is 5.96 Å². The molecule has 2 aliphatic heterocycles. The van der Waals surface area contributed by atoms with E-state index in [1.165, 1.54) is 6.20 Å². The van der Waals surface area contributed by atoms with Crippen molar-refractivity contribution in [2.75, 3.05) is 0 Å². The van der Waals surface area contributed by atoms with Gasteiger partial charge in [-0.1, -0.05) is 0 Å². The molecule has 0 fully saturated rings. The number of amidine groups is 1. The monoisotopic (exact) mass is 165 g/mol. The maximum Gasteiger partial charge on any atom is 0.257 e. The third kappa shape index (κ3) is 0.931. The van der Waals surface area contributed by atoms with Crippen LogP contribution in [0.4, 0.5) is 0 Å². The fraction of sp³-hybridized carbons (Fsp3) is 0.167. The van der Waals surface area contributed by atoms with Crippen LogP contribution in [0.3, 0.4) is 0 Å². The Morgan fingerprint density at radius 2 is 2.42 bits per heavy atom. The minimum atomic E-state index is -0.498. The molecule has 0 aliphatic carbocycles. The Kier molecular flexibility index (Phi) is 1.33. The normalized spacial score (nSPS) is 26.3. The number of aliphatic imine (C=N–C) groups is 2. The molecule has 0 saturated heterocycles. The average molecular weight is 165 g/mol. The third-order valence-electron chi connectivity index (χ3n) is 1.55. The molecule has 0 saturated carbocycles. The summed E-state index contributed by atoms with van der Waals surface area (Å²) in [5, 5.41) is 5.20. The number of carbonyl (C=O) groups is 1. The van der Waals surface area contributed by atoms with Crippen LogP contribution in [0.5, 0.6) is 0 Å². The standard InChI is InChI=1S/C6H7N5O/c7-6-10-4-3(5(12)11-6)8-1-2-9-4/h1-3,8H,(H3,7,9,10,11,12). The number of nitrogens with two attached hydrogens (primary N) is 1. The number of nitrogens with zero attached hydrogens (tertiary/aromatic N) is 2. The molecule has 1 amide bonds. The Morgan fingerprint density at radius 3 is 3.25 bits per heavy atom. The minimum absolute atomic E-state index is 0.0899. The van der Waals surface area contributed by atoms with E-state index in [0.717, 1.165) is 0 Å².